The van der Waals surface area contributed by atoms with Crippen LogP contribution in [0.2, 0.25) is 0 Å². The Morgan fingerprint density at radius 2 is 1.29 bits per heavy atom. The van der Waals surface area contributed by atoms with Gasteiger partial charge in [0.15, 0.2) is 18.6 Å². The minimum Gasteiger partial charge on any atom is -0.453 e. The molecule has 0 saturated carbocycles. The Bertz CT molecular complexity index is 1340. The lowest BCUT2D eigenvalue weighted by Crippen LogP contribution is -2.26. The van der Waals surface area contributed by atoms with Crippen molar-refractivity contribution in [2.45, 2.75) is 20.1 Å². The number of hydrogen-bond acceptors (Lipinski definition) is 4. The minimum atomic E-state index is -3.85. The SMILES string of the molecule is Cc1ccc(P(=O)(c2ccc(C)cc2)c2cc(Oc3ccccc3)c3c(c2)OC(F)(F)O3)cc1. The summed E-state index contributed by atoms with van der Waals surface area (Å²) in [6.07, 6.45) is -3.85. The molecule has 1 aliphatic rings. The molecule has 0 aliphatic carbocycles. The zero-order chi connectivity index (χ0) is 23.9. The maximum absolute atomic E-state index is 14.9. The number of para-hydroxylation sites is 1. The third-order valence-corrected chi connectivity index (χ3v) is 8.62. The molecule has 0 radical (unpaired) electrons. The van der Waals surface area contributed by atoms with Crippen molar-refractivity contribution in [3.8, 4) is 23.0 Å². The smallest absolute Gasteiger partial charge is 0.453 e. The van der Waals surface area contributed by atoms with Crippen LogP contribution in [-0.4, -0.2) is 6.29 Å². The van der Waals surface area contributed by atoms with E-state index in [9.17, 15) is 13.3 Å². The zero-order valence-electron chi connectivity index (χ0n) is 18.5. The van der Waals surface area contributed by atoms with Crippen LogP contribution in [0.4, 0.5) is 8.78 Å². The summed E-state index contributed by atoms with van der Waals surface area (Å²) in [7, 11) is -3.48. The maximum atomic E-state index is 14.9. The van der Waals surface area contributed by atoms with E-state index in [4.69, 9.17) is 14.2 Å². The van der Waals surface area contributed by atoms with Crippen molar-refractivity contribution in [1.29, 1.82) is 0 Å². The molecule has 5 rings (SSSR count). The van der Waals surface area contributed by atoms with Crippen LogP contribution < -0.4 is 30.1 Å². The van der Waals surface area contributed by atoms with Crippen LogP contribution in [0.15, 0.2) is 91.0 Å². The number of aryl methyl sites for hydroxylation is 2. The molecular weight excluding hydrogens is 457 g/mol. The van der Waals surface area contributed by atoms with Gasteiger partial charge in [-0.2, -0.15) is 0 Å². The molecule has 4 nitrogen and oxygen atoms in total. The van der Waals surface area contributed by atoms with Crippen LogP contribution >= 0.6 is 7.14 Å². The largest absolute Gasteiger partial charge is 0.586 e. The van der Waals surface area contributed by atoms with E-state index in [2.05, 4.69) is 0 Å². The van der Waals surface area contributed by atoms with Crippen molar-refractivity contribution in [3.05, 3.63) is 102 Å². The maximum Gasteiger partial charge on any atom is 0.586 e. The molecule has 0 saturated heterocycles. The molecule has 0 N–H and O–H groups in total. The van der Waals surface area contributed by atoms with E-state index in [1.54, 1.807) is 48.5 Å². The Labute approximate surface area is 196 Å². The van der Waals surface area contributed by atoms with Gasteiger partial charge in [0, 0.05) is 15.9 Å². The highest BCUT2D eigenvalue weighted by atomic mass is 31.2. The molecule has 1 heterocycles. The summed E-state index contributed by atoms with van der Waals surface area (Å²) < 4.78 is 58.4. The third kappa shape index (κ3) is 4.06. The van der Waals surface area contributed by atoms with E-state index in [0.29, 0.717) is 21.7 Å². The number of alkyl halides is 2. The van der Waals surface area contributed by atoms with Crippen LogP contribution in [0.25, 0.3) is 0 Å². The molecule has 0 aromatic heterocycles. The molecule has 0 atom stereocenters. The molecular formula is C27H21F2O4P. The highest BCUT2D eigenvalue weighted by Gasteiger charge is 2.46. The number of benzene rings is 4. The summed E-state index contributed by atoms with van der Waals surface area (Å²) in [6.45, 7) is 3.88. The molecule has 0 spiro atoms. The zero-order valence-corrected chi connectivity index (χ0v) is 19.4. The third-order valence-electron chi connectivity index (χ3n) is 5.58. The first-order valence-corrected chi connectivity index (χ1v) is 12.4. The molecule has 1 aliphatic heterocycles. The van der Waals surface area contributed by atoms with E-state index >= 15 is 0 Å². The second kappa shape index (κ2) is 8.30. The van der Waals surface area contributed by atoms with Gasteiger partial charge in [-0.15, -0.1) is 8.78 Å². The van der Waals surface area contributed by atoms with E-state index in [1.165, 1.54) is 12.1 Å². The normalized spacial score (nSPS) is 14.1. The van der Waals surface area contributed by atoms with E-state index in [-0.39, 0.29) is 17.2 Å². The predicted molar refractivity (Wildman–Crippen MR) is 128 cm³/mol. The fourth-order valence-electron chi connectivity index (χ4n) is 3.84. The topological polar surface area (TPSA) is 44.8 Å². The molecule has 0 unspecified atom stereocenters. The molecule has 172 valence electrons. The summed E-state index contributed by atoms with van der Waals surface area (Å²) in [5.41, 5.74) is 2.02. The summed E-state index contributed by atoms with van der Waals surface area (Å²) in [5.74, 6) is -0.0543. The Morgan fingerprint density at radius 3 is 1.85 bits per heavy atom. The number of rotatable bonds is 5. The molecule has 0 amide bonds. The van der Waals surface area contributed by atoms with Crippen LogP contribution in [-0.2, 0) is 4.57 Å². The first kappa shape index (κ1) is 22.2. The van der Waals surface area contributed by atoms with Crippen molar-refractivity contribution in [2.75, 3.05) is 0 Å². The minimum absolute atomic E-state index is 0.00433. The molecule has 4 aromatic rings. The summed E-state index contributed by atoms with van der Waals surface area (Å²) in [4.78, 5) is 0. The summed E-state index contributed by atoms with van der Waals surface area (Å²) in [6, 6.07) is 26.2. The van der Waals surface area contributed by atoms with Crippen molar-refractivity contribution >= 4 is 23.1 Å². The van der Waals surface area contributed by atoms with Crippen molar-refractivity contribution < 1.29 is 27.6 Å². The summed E-state index contributed by atoms with van der Waals surface area (Å²) in [5, 5.41) is 1.43. The van der Waals surface area contributed by atoms with Crippen molar-refractivity contribution in [3.63, 3.8) is 0 Å². The van der Waals surface area contributed by atoms with E-state index < -0.39 is 13.4 Å². The van der Waals surface area contributed by atoms with Gasteiger partial charge in [0.2, 0.25) is 5.75 Å². The highest BCUT2D eigenvalue weighted by molar-refractivity contribution is 7.85. The van der Waals surface area contributed by atoms with Gasteiger partial charge in [-0.25, -0.2) is 0 Å². The van der Waals surface area contributed by atoms with Crippen LogP contribution in [0, 0.1) is 13.8 Å². The van der Waals surface area contributed by atoms with Gasteiger partial charge in [-0.1, -0.05) is 77.9 Å². The van der Waals surface area contributed by atoms with Gasteiger partial charge >= 0.3 is 6.29 Å². The fraction of sp³-hybridized carbons (Fsp3) is 0.111. The Morgan fingerprint density at radius 1 is 0.735 bits per heavy atom. The number of halogens is 2. The molecule has 7 heteroatoms. The van der Waals surface area contributed by atoms with Crippen LogP contribution in [0.1, 0.15) is 11.1 Å². The number of hydrogen-bond donors (Lipinski definition) is 0. The van der Waals surface area contributed by atoms with Gasteiger partial charge in [0.1, 0.15) is 5.75 Å². The van der Waals surface area contributed by atoms with Crippen molar-refractivity contribution in [1.82, 2.24) is 0 Å². The van der Waals surface area contributed by atoms with E-state index in [0.717, 1.165) is 11.1 Å². The van der Waals surface area contributed by atoms with Gasteiger partial charge in [-0.05, 0) is 38.1 Å². The van der Waals surface area contributed by atoms with Gasteiger partial charge in [0.05, 0.1) is 0 Å². The van der Waals surface area contributed by atoms with Gasteiger partial charge < -0.3 is 18.8 Å². The Balaban J connectivity index is 1.73. The second-order valence-corrected chi connectivity index (χ2v) is 10.9. The first-order valence-electron chi connectivity index (χ1n) is 10.7. The van der Waals surface area contributed by atoms with E-state index in [1.807, 2.05) is 44.2 Å². The number of fused-ring (bicyclic) bond motifs is 1. The standard InChI is InChI=1S/C27H21F2O4P/c1-18-8-12-21(13-9-18)34(30,22-14-10-19(2)11-15-22)23-16-24(31-20-6-4-3-5-7-20)26-25(17-23)32-27(28,29)33-26/h3-17H,1-2H3. The molecule has 4 aromatic carbocycles. The second-order valence-electron chi connectivity index (χ2n) is 8.13. The van der Waals surface area contributed by atoms with Gasteiger partial charge in [-0.3, -0.25) is 0 Å². The first-order chi connectivity index (χ1) is 16.2. The predicted octanol–water partition coefficient (Wildman–Crippen LogP) is 6.06. The Hall–Kier alpha value is -3.63. The lowest BCUT2D eigenvalue weighted by Gasteiger charge is -2.21. The quantitative estimate of drug-likeness (QED) is 0.327. The molecule has 34 heavy (non-hydrogen) atoms. The summed E-state index contributed by atoms with van der Waals surface area (Å²) >= 11 is 0. The lowest BCUT2D eigenvalue weighted by atomic mass is 10.2. The van der Waals surface area contributed by atoms with Crippen molar-refractivity contribution in [2.24, 2.45) is 0 Å². The Kier molecular flexibility index (Phi) is 5.41. The average Bonchev–Trinajstić information content (AvgIpc) is 3.14. The fourth-order valence-corrected chi connectivity index (χ4v) is 6.47. The van der Waals surface area contributed by atoms with Crippen LogP contribution in [0.3, 0.4) is 0 Å². The highest BCUT2D eigenvalue weighted by Crippen LogP contribution is 2.52. The number of ether oxygens (including phenoxy) is 3. The average molecular weight is 478 g/mol. The van der Waals surface area contributed by atoms with Crippen LogP contribution in [0.5, 0.6) is 23.0 Å². The van der Waals surface area contributed by atoms with Gasteiger partial charge in [0.25, 0.3) is 0 Å². The lowest BCUT2D eigenvalue weighted by molar-refractivity contribution is -0.287. The molecule has 0 bridgehead atoms. The monoisotopic (exact) mass is 478 g/mol. The molecule has 0 fully saturated rings.